The molecular formula is C26H32N3O2+. The second-order valence-corrected chi connectivity index (χ2v) is 8.12. The number of fused-ring (bicyclic) bond motifs is 1. The summed E-state index contributed by atoms with van der Waals surface area (Å²) in [6.07, 6.45) is 0. The molecule has 2 N–H and O–H groups in total. The van der Waals surface area contributed by atoms with Gasteiger partial charge in [0.2, 0.25) is 0 Å². The van der Waals surface area contributed by atoms with E-state index in [1.54, 1.807) is 0 Å². The molecule has 0 aliphatic rings. The van der Waals surface area contributed by atoms with E-state index in [-0.39, 0.29) is 24.4 Å². The van der Waals surface area contributed by atoms with Crippen molar-refractivity contribution < 1.29 is 14.5 Å². The highest BCUT2D eigenvalue weighted by atomic mass is 16.2. The highest BCUT2D eigenvalue weighted by Gasteiger charge is 2.29. The summed E-state index contributed by atoms with van der Waals surface area (Å²) in [5, 5.41) is 5.15. The highest BCUT2D eigenvalue weighted by Crippen LogP contribution is 2.27. The molecular weight excluding hydrogens is 386 g/mol. The van der Waals surface area contributed by atoms with Gasteiger partial charge in [0.15, 0.2) is 12.6 Å². The molecule has 2 amide bonds. The summed E-state index contributed by atoms with van der Waals surface area (Å²) in [6.45, 7) is 8.67. The molecule has 3 rings (SSSR count). The van der Waals surface area contributed by atoms with Gasteiger partial charge in [-0.05, 0) is 56.3 Å². The van der Waals surface area contributed by atoms with E-state index in [0.717, 1.165) is 38.2 Å². The minimum Gasteiger partial charge on any atom is -0.321 e. The van der Waals surface area contributed by atoms with E-state index in [1.165, 1.54) is 0 Å². The minimum atomic E-state index is -0.358. The van der Waals surface area contributed by atoms with Crippen molar-refractivity contribution in [3.8, 4) is 0 Å². The first-order valence-corrected chi connectivity index (χ1v) is 10.8. The summed E-state index contributed by atoms with van der Waals surface area (Å²) < 4.78 is 0. The molecule has 0 aliphatic carbocycles. The van der Waals surface area contributed by atoms with Crippen molar-refractivity contribution in [1.29, 1.82) is 0 Å². The van der Waals surface area contributed by atoms with E-state index in [9.17, 15) is 9.59 Å². The van der Waals surface area contributed by atoms with Crippen molar-refractivity contribution in [2.45, 2.75) is 33.7 Å². The van der Waals surface area contributed by atoms with Crippen molar-refractivity contribution in [2.24, 2.45) is 0 Å². The Labute approximate surface area is 184 Å². The lowest BCUT2D eigenvalue weighted by molar-refractivity contribution is -0.885. The Balaban J connectivity index is 1.73. The quantitative estimate of drug-likeness (QED) is 0.618. The number of amides is 2. The number of hydrogen-bond acceptors (Lipinski definition) is 2. The van der Waals surface area contributed by atoms with Gasteiger partial charge in [0.05, 0.1) is 12.7 Å². The largest absolute Gasteiger partial charge is 0.321 e. The Morgan fingerprint density at radius 2 is 1.68 bits per heavy atom. The number of rotatable bonds is 7. The number of hydrogen-bond donors (Lipinski definition) is 2. The van der Waals surface area contributed by atoms with Crippen LogP contribution in [0.5, 0.6) is 0 Å². The van der Waals surface area contributed by atoms with Crippen LogP contribution in [0.3, 0.4) is 0 Å². The molecule has 5 heteroatoms. The molecule has 0 saturated heterocycles. The monoisotopic (exact) mass is 418 g/mol. The van der Waals surface area contributed by atoms with Gasteiger partial charge in [-0.25, -0.2) is 0 Å². The zero-order valence-electron chi connectivity index (χ0n) is 19.0. The maximum atomic E-state index is 13.4. The van der Waals surface area contributed by atoms with Crippen LogP contribution in [0.4, 0.5) is 11.4 Å². The molecule has 0 radical (unpaired) electrons. The third kappa shape index (κ3) is 4.94. The van der Waals surface area contributed by atoms with Gasteiger partial charge < -0.3 is 15.1 Å². The average molecular weight is 419 g/mol. The number of carbonyl (C=O) groups is 2. The highest BCUT2D eigenvalue weighted by molar-refractivity contribution is 6.05. The first-order chi connectivity index (χ1) is 14.8. The van der Waals surface area contributed by atoms with Gasteiger partial charge in [0.25, 0.3) is 11.8 Å². The smallest absolute Gasteiger partial charge is 0.284 e. The Morgan fingerprint density at radius 3 is 2.42 bits per heavy atom. The van der Waals surface area contributed by atoms with E-state index < -0.39 is 0 Å². The van der Waals surface area contributed by atoms with Crippen LogP contribution in [0.1, 0.15) is 25.0 Å². The standard InChI is InChI=1S/C26H31N3O2/c1-6-29(24-16-10-13-21-12-7-8-14-22(21)24)26(31)20(4)28(5)17-25(30)27-23-15-9-11-18(2)19(23)3/h7-16,20H,6,17H2,1-5H3,(H,27,30)/p+1/t20-/m1/s1. The van der Waals surface area contributed by atoms with Crippen LogP contribution in [-0.2, 0) is 9.59 Å². The summed E-state index contributed by atoms with van der Waals surface area (Å²) >= 11 is 0. The van der Waals surface area contributed by atoms with Gasteiger partial charge in [-0.2, -0.15) is 0 Å². The summed E-state index contributed by atoms with van der Waals surface area (Å²) in [6, 6.07) is 19.6. The zero-order chi connectivity index (χ0) is 22.5. The predicted molar refractivity (Wildman–Crippen MR) is 128 cm³/mol. The molecule has 0 saturated carbocycles. The van der Waals surface area contributed by atoms with Gasteiger partial charge >= 0.3 is 0 Å². The number of aryl methyl sites for hydroxylation is 1. The number of quaternary nitrogens is 1. The molecule has 0 spiro atoms. The maximum Gasteiger partial charge on any atom is 0.284 e. The second kappa shape index (κ2) is 9.75. The summed E-state index contributed by atoms with van der Waals surface area (Å²) in [7, 11) is 1.89. The van der Waals surface area contributed by atoms with Crippen molar-refractivity contribution in [3.63, 3.8) is 0 Å². The average Bonchev–Trinajstić information content (AvgIpc) is 2.77. The molecule has 0 fully saturated rings. The molecule has 3 aromatic carbocycles. The molecule has 0 aliphatic heterocycles. The third-order valence-electron chi connectivity index (χ3n) is 6.07. The van der Waals surface area contributed by atoms with Crippen LogP contribution >= 0.6 is 0 Å². The van der Waals surface area contributed by atoms with Crippen LogP contribution in [0.15, 0.2) is 60.7 Å². The molecule has 31 heavy (non-hydrogen) atoms. The van der Waals surface area contributed by atoms with E-state index in [4.69, 9.17) is 0 Å². The first-order valence-electron chi connectivity index (χ1n) is 10.8. The van der Waals surface area contributed by atoms with E-state index in [0.29, 0.717) is 6.54 Å². The molecule has 0 bridgehead atoms. The number of nitrogens with zero attached hydrogens (tertiary/aromatic N) is 1. The van der Waals surface area contributed by atoms with Crippen LogP contribution < -0.4 is 15.1 Å². The van der Waals surface area contributed by atoms with E-state index in [2.05, 4.69) is 17.4 Å². The van der Waals surface area contributed by atoms with Crippen LogP contribution in [-0.4, -0.2) is 38.0 Å². The molecule has 3 aromatic rings. The molecule has 0 aromatic heterocycles. The molecule has 2 atom stereocenters. The molecule has 0 heterocycles. The van der Waals surface area contributed by atoms with Crippen molar-refractivity contribution in [2.75, 3.05) is 30.4 Å². The minimum absolute atomic E-state index is 0.0101. The predicted octanol–water partition coefficient (Wildman–Crippen LogP) is 3.35. The van der Waals surface area contributed by atoms with Crippen molar-refractivity contribution in [1.82, 2.24) is 0 Å². The van der Waals surface area contributed by atoms with Crippen LogP contribution in [0, 0.1) is 13.8 Å². The molecule has 5 nitrogen and oxygen atoms in total. The van der Waals surface area contributed by atoms with E-state index in [1.807, 2.05) is 88.2 Å². The summed E-state index contributed by atoms with van der Waals surface area (Å²) in [5.74, 6) is -0.0880. The van der Waals surface area contributed by atoms with Gasteiger partial charge in [-0.3, -0.25) is 9.59 Å². The van der Waals surface area contributed by atoms with Gasteiger partial charge in [0, 0.05) is 17.6 Å². The number of benzene rings is 3. The number of nitrogens with one attached hydrogen (secondary N) is 2. The number of anilines is 2. The normalized spacial score (nSPS) is 12.9. The van der Waals surface area contributed by atoms with E-state index >= 15 is 0 Å². The van der Waals surface area contributed by atoms with Gasteiger partial charge in [-0.15, -0.1) is 0 Å². The number of carbonyl (C=O) groups excluding carboxylic acids is 2. The Bertz CT molecular complexity index is 1090. The fraction of sp³-hybridized carbons (Fsp3) is 0.308. The van der Waals surface area contributed by atoms with Crippen LogP contribution in [0.25, 0.3) is 10.8 Å². The van der Waals surface area contributed by atoms with Crippen LogP contribution in [0.2, 0.25) is 0 Å². The lowest BCUT2D eigenvalue weighted by Crippen LogP contribution is -3.15. The number of likely N-dealkylation sites (N-methyl/N-ethyl adjacent to an activating group) is 2. The fourth-order valence-corrected chi connectivity index (χ4v) is 3.82. The summed E-state index contributed by atoms with van der Waals surface area (Å²) in [5.41, 5.74) is 3.93. The lowest BCUT2D eigenvalue weighted by atomic mass is 10.1. The first kappa shape index (κ1) is 22.5. The van der Waals surface area contributed by atoms with Gasteiger partial charge in [-0.1, -0.05) is 48.5 Å². The maximum absolute atomic E-state index is 13.4. The summed E-state index contributed by atoms with van der Waals surface area (Å²) in [4.78, 5) is 28.7. The van der Waals surface area contributed by atoms with Gasteiger partial charge in [0.1, 0.15) is 0 Å². The Kier molecular flexibility index (Phi) is 7.08. The second-order valence-electron chi connectivity index (χ2n) is 8.12. The molecule has 162 valence electrons. The SMILES string of the molecule is CCN(C(=O)[C@@H](C)[NH+](C)CC(=O)Nc1cccc(C)c1C)c1cccc2ccccc12. The fourth-order valence-electron chi connectivity index (χ4n) is 3.82. The Morgan fingerprint density at radius 1 is 1.00 bits per heavy atom. The Hall–Kier alpha value is -3.18. The zero-order valence-corrected chi connectivity index (χ0v) is 19.0. The lowest BCUT2D eigenvalue weighted by Gasteiger charge is -2.28. The third-order valence-corrected chi connectivity index (χ3v) is 6.07. The van der Waals surface area contributed by atoms with Crippen molar-refractivity contribution >= 4 is 34.0 Å². The topological polar surface area (TPSA) is 53.9 Å². The molecule has 1 unspecified atom stereocenters. The van der Waals surface area contributed by atoms with Crippen molar-refractivity contribution in [3.05, 3.63) is 71.8 Å².